The second kappa shape index (κ2) is 7.85. The molecule has 0 radical (unpaired) electrons. The number of amides is 1. The molecule has 92 valence electrons. The minimum atomic E-state index is -0.152. The predicted molar refractivity (Wildman–Crippen MR) is 76.7 cm³/mol. The van der Waals surface area contributed by atoms with Crippen LogP contribution in [0.5, 0.6) is 0 Å². The Hall–Kier alpha value is -2.35. The average molecular weight is 239 g/mol. The topological polar surface area (TPSA) is 29.1 Å². The number of carbonyl (C=O) groups is 1. The first-order valence-electron chi connectivity index (χ1n) is 5.76. The van der Waals surface area contributed by atoms with E-state index in [2.05, 4.69) is 11.9 Å². The van der Waals surface area contributed by atoms with Crippen molar-refractivity contribution in [3.05, 3.63) is 78.6 Å². The average Bonchev–Trinajstić information content (AvgIpc) is 2.42. The Morgan fingerprint density at radius 2 is 1.94 bits per heavy atom. The van der Waals surface area contributed by atoms with Crippen molar-refractivity contribution < 1.29 is 4.79 Å². The molecule has 0 aliphatic heterocycles. The van der Waals surface area contributed by atoms with Gasteiger partial charge in [-0.05, 0) is 24.6 Å². The minimum absolute atomic E-state index is 0.152. The quantitative estimate of drug-likeness (QED) is 0.618. The Kier molecular flexibility index (Phi) is 5.98. The molecule has 0 aliphatic rings. The van der Waals surface area contributed by atoms with E-state index in [1.807, 2.05) is 43.3 Å². The molecule has 0 aliphatic carbocycles. The van der Waals surface area contributed by atoms with E-state index in [-0.39, 0.29) is 5.91 Å². The summed E-state index contributed by atoms with van der Waals surface area (Å²) in [5, 5.41) is 2.77. The maximum Gasteiger partial charge on any atom is 0.248 e. The first-order chi connectivity index (χ1) is 8.76. The minimum Gasteiger partial charge on any atom is -0.323 e. The molecule has 0 heterocycles. The number of nitrogens with one attached hydrogen (secondary N) is 1. The highest BCUT2D eigenvalue weighted by Crippen LogP contribution is 2.01. The lowest BCUT2D eigenvalue weighted by molar-refractivity contribution is -0.115. The second-order valence-electron chi connectivity index (χ2n) is 3.57. The van der Waals surface area contributed by atoms with Gasteiger partial charge in [-0.25, -0.2) is 0 Å². The number of benzene rings is 1. The number of hydrogen-bond acceptors (Lipinski definition) is 1. The fourth-order valence-electron chi connectivity index (χ4n) is 1.30. The Bertz CT molecular complexity index is 481. The van der Waals surface area contributed by atoms with Gasteiger partial charge in [0.15, 0.2) is 0 Å². The largest absolute Gasteiger partial charge is 0.323 e. The molecule has 1 amide bonds. The molecule has 2 heteroatoms. The lowest BCUT2D eigenvalue weighted by Gasteiger charge is -2.01. The molecule has 0 aromatic heterocycles. The van der Waals surface area contributed by atoms with Gasteiger partial charge in [-0.15, -0.1) is 0 Å². The van der Waals surface area contributed by atoms with Gasteiger partial charge in [-0.2, -0.15) is 0 Å². The van der Waals surface area contributed by atoms with Crippen molar-refractivity contribution in [3.63, 3.8) is 0 Å². The van der Waals surface area contributed by atoms with E-state index in [1.54, 1.807) is 24.3 Å². The number of carbonyl (C=O) groups excluding carboxylic acids is 1. The van der Waals surface area contributed by atoms with Crippen LogP contribution >= 0.6 is 0 Å². The smallest absolute Gasteiger partial charge is 0.248 e. The fourth-order valence-corrected chi connectivity index (χ4v) is 1.30. The predicted octanol–water partition coefficient (Wildman–Crippen LogP) is 3.46. The highest BCUT2D eigenvalue weighted by Gasteiger charge is 1.96. The molecule has 1 N–H and O–H groups in total. The van der Waals surface area contributed by atoms with Crippen molar-refractivity contribution in [2.75, 3.05) is 0 Å². The normalized spacial score (nSPS) is 11.9. The fraction of sp³-hybridized carbons (Fsp3) is 0.0625. The molecule has 0 bridgehead atoms. The molecule has 0 unspecified atom stereocenters. The molecule has 1 aromatic carbocycles. The summed E-state index contributed by atoms with van der Waals surface area (Å²) in [7, 11) is 0. The van der Waals surface area contributed by atoms with Crippen LogP contribution in [0.2, 0.25) is 0 Å². The van der Waals surface area contributed by atoms with Crippen LogP contribution in [0.3, 0.4) is 0 Å². The van der Waals surface area contributed by atoms with Crippen molar-refractivity contribution in [1.82, 2.24) is 5.32 Å². The maximum atomic E-state index is 11.7. The highest BCUT2D eigenvalue weighted by atomic mass is 16.1. The molecular formula is C16H17NO. The lowest BCUT2D eigenvalue weighted by Crippen LogP contribution is -2.18. The van der Waals surface area contributed by atoms with E-state index in [0.717, 1.165) is 11.3 Å². The van der Waals surface area contributed by atoms with E-state index in [9.17, 15) is 4.79 Å². The Morgan fingerprint density at radius 1 is 1.22 bits per heavy atom. The Balaban J connectivity index is 2.59. The third kappa shape index (κ3) is 5.12. The second-order valence-corrected chi connectivity index (χ2v) is 3.57. The van der Waals surface area contributed by atoms with Crippen LogP contribution in [0.25, 0.3) is 6.08 Å². The van der Waals surface area contributed by atoms with Crippen molar-refractivity contribution in [1.29, 1.82) is 0 Å². The third-order valence-electron chi connectivity index (χ3n) is 2.22. The zero-order valence-corrected chi connectivity index (χ0v) is 10.5. The third-order valence-corrected chi connectivity index (χ3v) is 2.22. The molecule has 2 nitrogen and oxygen atoms in total. The monoisotopic (exact) mass is 239 g/mol. The molecule has 1 rings (SSSR count). The van der Waals surface area contributed by atoms with Crippen molar-refractivity contribution >= 4 is 12.0 Å². The van der Waals surface area contributed by atoms with Crippen LogP contribution in [0.4, 0.5) is 0 Å². The summed E-state index contributed by atoms with van der Waals surface area (Å²) in [5.74, 6) is -0.152. The molecule has 0 saturated heterocycles. The van der Waals surface area contributed by atoms with Gasteiger partial charge in [0.1, 0.15) is 0 Å². The molecular weight excluding hydrogens is 222 g/mol. The molecule has 0 saturated carbocycles. The van der Waals surface area contributed by atoms with Crippen LogP contribution in [-0.2, 0) is 4.79 Å². The van der Waals surface area contributed by atoms with Crippen LogP contribution in [0, 0.1) is 0 Å². The first-order valence-corrected chi connectivity index (χ1v) is 5.76. The molecule has 0 spiro atoms. The van der Waals surface area contributed by atoms with E-state index < -0.39 is 0 Å². The maximum absolute atomic E-state index is 11.7. The standard InChI is InChI=1S/C16H17NO/c1-3-5-11-15(4-2)17-16(18)13-12-14-9-7-6-8-10-14/h3-13H,1H2,2H3,(H,17,18)/b11-5-,13-12+,15-4+. The summed E-state index contributed by atoms with van der Waals surface area (Å²) in [6.07, 6.45) is 10.3. The van der Waals surface area contributed by atoms with Crippen LogP contribution in [0.15, 0.2) is 73.0 Å². The number of hydrogen-bond donors (Lipinski definition) is 1. The van der Waals surface area contributed by atoms with E-state index in [0.29, 0.717) is 0 Å². The van der Waals surface area contributed by atoms with Crippen LogP contribution in [-0.4, -0.2) is 5.91 Å². The van der Waals surface area contributed by atoms with Gasteiger partial charge in [-0.3, -0.25) is 4.79 Å². The molecule has 1 aromatic rings. The van der Waals surface area contributed by atoms with Gasteiger partial charge in [0.05, 0.1) is 0 Å². The Morgan fingerprint density at radius 3 is 2.56 bits per heavy atom. The summed E-state index contributed by atoms with van der Waals surface area (Å²) in [6, 6.07) is 9.69. The van der Waals surface area contributed by atoms with Crippen LogP contribution < -0.4 is 5.32 Å². The van der Waals surface area contributed by atoms with Gasteiger partial charge in [-0.1, -0.05) is 55.1 Å². The van der Waals surface area contributed by atoms with Crippen molar-refractivity contribution in [3.8, 4) is 0 Å². The van der Waals surface area contributed by atoms with E-state index in [4.69, 9.17) is 0 Å². The van der Waals surface area contributed by atoms with E-state index >= 15 is 0 Å². The molecule has 0 fully saturated rings. The highest BCUT2D eigenvalue weighted by molar-refractivity contribution is 5.93. The summed E-state index contributed by atoms with van der Waals surface area (Å²) in [6.45, 7) is 5.45. The number of rotatable bonds is 5. The lowest BCUT2D eigenvalue weighted by atomic mass is 10.2. The van der Waals surface area contributed by atoms with Crippen molar-refractivity contribution in [2.45, 2.75) is 6.92 Å². The Labute approximate surface area is 108 Å². The summed E-state index contributed by atoms with van der Waals surface area (Å²) >= 11 is 0. The van der Waals surface area contributed by atoms with Crippen LogP contribution in [0.1, 0.15) is 12.5 Å². The summed E-state index contributed by atoms with van der Waals surface area (Å²) in [5.41, 5.74) is 1.74. The van der Waals surface area contributed by atoms with Gasteiger partial charge < -0.3 is 5.32 Å². The van der Waals surface area contributed by atoms with Gasteiger partial charge in [0, 0.05) is 11.8 Å². The van der Waals surface area contributed by atoms with E-state index in [1.165, 1.54) is 6.08 Å². The first kappa shape index (κ1) is 13.7. The van der Waals surface area contributed by atoms with Crippen molar-refractivity contribution in [2.24, 2.45) is 0 Å². The SMILES string of the molecule is C=C/C=C\C(=C/C)NC(=O)/C=C/c1ccccc1. The molecule has 0 atom stereocenters. The van der Waals surface area contributed by atoms with Gasteiger partial charge >= 0.3 is 0 Å². The zero-order chi connectivity index (χ0) is 13.2. The van der Waals surface area contributed by atoms with Gasteiger partial charge in [0.25, 0.3) is 0 Å². The summed E-state index contributed by atoms with van der Waals surface area (Å²) in [4.78, 5) is 11.7. The zero-order valence-electron chi connectivity index (χ0n) is 10.5. The number of allylic oxidation sites excluding steroid dienone is 4. The summed E-state index contributed by atoms with van der Waals surface area (Å²) < 4.78 is 0. The van der Waals surface area contributed by atoms with Gasteiger partial charge in [0.2, 0.25) is 5.91 Å². The molecule has 18 heavy (non-hydrogen) atoms.